The van der Waals surface area contributed by atoms with Gasteiger partial charge < -0.3 is 0 Å². The van der Waals surface area contributed by atoms with Crippen LogP contribution in [0.3, 0.4) is 0 Å². The van der Waals surface area contributed by atoms with Crippen molar-refractivity contribution in [1.82, 2.24) is 9.97 Å². The second-order valence-electron chi connectivity index (χ2n) is 7.14. The largest absolute Gasteiger partial charge is 0.257 e. The van der Waals surface area contributed by atoms with Crippen LogP contribution in [0.5, 0.6) is 0 Å². The van der Waals surface area contributed by atoms with Gasteiger partial charge in [-0.05, 0) is 44.9 Å². The van der Waals surface area contributed by atoms with Gasteiger partial charge in [0.05, 0.1) is 17.3 Å². The Morgan fingerprint density at radius 3 is 2.50 bits per heavy atom. The molecule has 0 aromatic carbocycles. The number of nitriles is 1. The highest BCUT2D eigenvalue weighted by Crippen LogP contribution is 2.32. The molecule has 130 valence electrons. The fourth-order valence-electron chi connectivity index (χ4n) is 2.96. The number of hydrogen-bond acceptors (Lipinski definition) is 3. The van der Waals surface area contributed by atoms with Crippen molar-refractivity contribution in [2.75, 3.05) is 0 Å². The van der Waals surface area contributed by atoms with Crippen LogP contribution in [0.4, 0.5) is 0 Å². The van der Waals surface area contributed by atoms with Crippen LogP contribution < -0.4 is 0 Å². The van der Waals surface area contributed by atoms with Crippen LogP contribution in [-0.2, 0) is 5.41 Å². The van der Waals surface area contributed by atoms with Crippen LogP contribution in [-0.4, -0.2) is 9.97 Å². The lowest BCUT2D eigenvalue weighted by Gasteiger charge is -2.25. The number of hydrogen-bond donors (Lipinski definition) is 0. The van der Waals surface area contributed by atoms with Gasteiger partial charge in [0.2, 0.25) is 0 Å². The third kappa shape index (κ3) is 5.60. The van der Waals surface area contributed by atoms with Gasteiger partial charge in [0.15, 0.2) is 0 Å². The standard InChI is InChI=1S/C15H20N2.C6H11N/c1-5-8-15(3,4)14-12-7-6-9-16-13(12)10-11(2)17-14;1-3-4-6(2)5-7/h6-7,9-10H,5,8H2,1-4H3;6H,3-4H2,1-2H3. The number of aromatic nitrogens is 2. The van der Waals surface area contributed by atoms with E-state index in [9.17, 15) is 0 Å². The summed E-state index contributed by atoms with van der Waals surface area (Å²) in [4.78, 5) is 9.19. The van der Waals surface area contributed by atoms with E-state index in [1.165, 1.54) is 17.5 Å². The summed E-state index contributed by atoms with van der Waals surface area (Å²) in [5.74, 6) is 0.255. The molecule has 0 saturated heterocycles. The fourth-order valence-corrected chi connectivity index (χ4v) is 2.96. The summed E-state index contributed by atoms with van der Waals surface area (Å²) >= 11 is 0. The molecule has 0 aliphatic heterocycles. The van der Waals surface area contributed by atoms with Crippen LogP contribution in [0.1, 0.15) is 71.7 Å². The minimum atomic E-state index is 0.113. The van der Waals surface area contributed by atoms with Gasteiger partial charge in [0.25, 0.3) is 0 Å². The molecule has 1 unspecified atom stereocenters. The SMILES string of the molecule is CCCC(C)(C)c1nc(C)cc2ncccc12.CCCC(C)C#N. The first kappa shape index (κ1) is 20.1. The van der Waals surface area contributed by atoms with E-state index in [-0.39, 0.29) is 11.3 Å². The molecule has 2 aromatic rings. The van der Waals surface area contributed by atoms with E-state index in [4.69, 9.17) is 10.2 Å². The quantitative estimate of drug-likeness (QED) is 0.681. The maximum atomic E-state index is 8.22. The number of aryl methyl sites for hydroxylation is 1. The van der Waals surface area contributed by atoms with Gasteiger partial charge in [-0.25, -0.2) is 0 Å². The van der Waals surface area contributed by atoms with E-state index in [2.05, 4.69) is 50.9 Å². The summed E-state index contributed by atoms with van der Waals surface area (Å²) in [5, 5.41) is 9.41. The molecule has 0 spiro atoms. The molecule has 0 N–H and O–H groups in total. The second-order valence-corrected chi connectivity index (χ2v) is 7.14. The van der Waals surface area contributed by atoms with E-state index in [1.807, 2.05) is 26.1 Å². The Hall–Kier alpha value is -1.95. The lowest BCUT2D eigenvalue weighted by Crippen LogP contribution is -2.19. The molecule has 2 aromatic heterocycles. The molecule has 0 radical (unpaired) electrons. The van der Waals surface area contributed by atoms with Gasteiger partial charge in [-0.1, -0.05) is 40.5 Å². The van der Waals surface area contributed by atoms with E-state index in [1.54, 1.807) is 0 Å². The number of pyridine rings is 2. The maximum Gasteiger partial charge on any atom is 0.0738 e. The van der Waals surface area contributed by atoms with E-state index >= 15 is 0 Å². The van der Waals surface area contributed by atoms with Gasteiger partial charge >= 0.3 is 0 Å². The molecule has 3 nitrogen and oxygen atoms in total. The first-order valence-electron chi connectivity index (χ1n) is 8.98. The van der Waals surface area contributed by atoms with Gasteiger partial charge in [-0.2, -0.15) is 5.26 Å². The normalized spacial score (nSPS) is 12.2. The van der Waals surface area contributed by atoms with E-state index in [0.29, 0.717) is 0 Å². The van der Waals surface area contributed by atoms with E-state index in [0.717, 1.165) is 30.5 Å². The van der Waals surface area contributed by atoms with Gasteiger partial charge in [0.1, 0.15) is 0 Å². The highest BCUT2D eigenvalue weighted by atomic mass is 14.8. The average Bonchev–Trinajstić information content (AvgIpc) is 2.54. The maximum absolute atomic E-state index is 8.22. The highest BCUT2D eigenvalue weighted by Gasteiger charge is 2.24. The topological polar surface area (TPSA) is 49.6 Å². The Labute approximate surface area is 147 Å². The second kappa shape index (κ2) is 9.37. The predicted molar refractivity (Wildman–Crippen MR) is 102 cm³/mol. The third-order valence-electron chi connectivity index (χ3n) is 4.19. The third-order valence-corrected chi connectivity index (χ3v) is 4.19. The van der Waals surface area contributed by atoms with Crippen molar-refractivity contribution in [3.8, 4) is 6.07 Å². The number of nitrogens with zero attached hydrogens (tertiary/aromatic N) is 3. The summed E-state index contributed by atoms with van der Waals surface area (Å²) in [6.45, 7) is 12.8. The Bertz CT molecular complexity index is 683. The van der Waals surface area contributed by atoms with Gasteiger partial charge in [-0.15, -0.1) is 0 Å². The lowest BCUT2D eigenvalue weighted by atomic mass is 9.82. The van der Waals surface area contributed by atoms with Crippen molar-refractivity contribution < 1.29 is 0 Å². The summed E-state index contributed by atoms with van der Waals surface area (Å²) in [5.41, 5.74) is 3.40. The summed E-state index contributed by atoms with van der Waals surface area (Å²) < 4.78 is 0. The molecule has 1 atom stereocenters. The number of rotatable bonds is 5. The van der Waals surface area contributed by atoms with E-state index < -0.39 is 0 Å². The lowest BCUT2D eigenvalue weighted by molar-refractivity contribution is 0.463. The van der Waals surface area contributed by atoms with Crippen LogP contribution in [0.25, 0.3) is 10.9 Å². The first-order valence-corrected chi connectivity index (χ1v) is 8.98. The minimum absolute atomic E-state index is 0.113. The van der Waals surface area contributed by atoms with Crippen molar-refractivity contribution in [1.29, 1.82) is 5.26 Å². The monoisotopic (exact) mass is 325 g/mol. The Morgan fingerprint density at radius 2 is 1.96 bits per heavy atom. The van der Waals surface area contributed by atoms with Crippen molar-refractivity contribution in [2.45, 2.75) is 72.6 Å². The average molecular weight is 326 g/mol. The molecule has 0 aliphatic carbocycles. The molecule has 0 aliphatic rings. The summed E-state index contributed by atoms with van der Waals surface area (Å²) in [6, 6.07) is 8.34. The zero-order chi connectivity index (χ0) is 18.2. The van der Waals surface area contributed by atoms with Crippen molar-refractivity contribution in [2.24, 2.45) is 5.92 Å². The molecule has 0 amide bonds. The smallest absolute Gasteiger partial charge is 0.0738 e. The molecule has 0 fully saturated rings. The molecular weight excluding hydrogens is 294 g/mol. The highest BCUT2D eigenvalue weighted by molar-refractivity contribution is 5.81. The summed E-state index contributed by atoms with van der Waals surface area (Å²) in [6.07, 6.45) is 6.32. The molecule has 2 rings (SSSR count). The van der Waals surface area contributed by atoms with Crippen LogP contribution in [0.2, 0.25) is 0 Å². The van der Waals surface area contributed by atoms with Crippen molar-refractivity contribution >= 4 is 10.9 Å². The Balaban J connectivity index is 0.000000351. The van der Waals surface area contributed by atoms with Gasteiger partial charge in [0, 0.05) is 28.6 Å². The zero-order valence-electron chi connectivity index (χ0n) is 16.1. The van der Waals surface area contributed by atoms with Crippen LogP contribution in [0.15, 0.2) is 24.4 Å². The van der Waals surface area contributed by atoms with Gasteiger partial charge in [-0.3, -0.25) is 9.97 Å². The minimum Gasteiger partial charge on any atom is -0.257 e. The Morgan fingerprint density at radius 1 is 1.25 bits per heavy atom. The van der Waals surface area contributed by atoms with Crippen LogP contribution in [0, 0.1) is 24.2 Å². The molecule has 2 heterocycles. The molecular formula is C21H31N3. The Kier molecular flexibility index (Phi) is 7.85. The molecule has 24 heavy (non-hydrogen) atoms. The predicted octanol–water partition coefficient (Wildman–Crippen LogP) is 5.96. The molecule has 3 heteroatoms. The van der Waals surface area contributed by atoms with Crippen molar-refractivity contribution in [3.63, 3.8) is 0 Å². The zero-order valence-corrected chi connectivity index (χ0v) is 16.1. The first-order chi connectivity index (χ1) is 11.4. The number of fused-ring (bicyclic) bond motifs is 1. The fraction of sp³-hybridized carbons (Fsp3) is 0.571. The van der Waals surface area contributed by atoms with Crippen molar-refractivity contribution in [3.05, 3.63) is 35.8 Å². The van der Waals surface area contributed by atoms with Crippen LogP contribution >= 0.6 is 0 Å². The summed E-state index contributed by atoms with van der Waals surface area (Å²) in [7, 11) is 0. The molecule has 0 bridgehead atoms. The molecule has 0 saturated carbocycles.